The first-order valence-electron chi connectivity index (χ1n) is 9.22. The maximum Gasteiger partial charge on any atom is 0.692 e. The lowest BCUT2D eigenvalue weighted by molar-refractivity contribution is -0.401. The monoisotopic (exact) mass is 448 g/mol. The molecule has 0 spiro atoms. The van der Waals surface area contributed by atoms with Gasteiger partial charge >= 0.3 is 8.25 Å². The van der Waals surface area contributed by atoms with Crippen molar-refractivity contribution >= 4 is 31.6 Å². The van der Waals surface area contributed by atoms with Gasteiger partial charge in [0.25, 0.3) is 5.69 Å². The molecule has 3 N–H and O–H groups in total. The van der Waals surface area contributed by atoms with E-state index in [2.05, 4.69) is 10.5 Å². The molecule has 2 aromatic rings. The second kappa shape index (κ2) is 10.2. The summed E-state index contributed by atoms with van der Waals surface area (Å²) in [5.74, 6) is 0.819. The van der Waals surface area contributed by atoms with E-state index in [9.17, 15) is 10.1 Å². The SMILES string of the molecule is COc1ccc(CNN=CC2=[N+](C)c3ccc([N+](=O)[O-])cc3C2(C)C)cc1.O=[P+](O)O. The lowest BCUT2D eigenvalue weighted by atomic mass is 9.82. The molecular weight excluding hydrogens is 423 g/mol. The number of nitro groups is 1. The smallest absolute Gasteiger partial charge is 0.497 e. The minimum atomic E-state index is -2.87. The van der Waals surface area contributed by atoms with Gasteiger partial charge in [0.2, 0.25) is 11.4 Å². The van der Waals surface area contributed by atoms with Crippen molar-refractivity contribution < 1.29 is 28.6 Å². The fourth-order valence-corrected chi connectivity index (χ4v) is 3.35. The number of fused-ring (bicyclic) bond motifs is 1. The van der Waals surface area contributed by atoms with Crippen LogP contribution in [0.5, 0.6) is 5.75 Å². The van der Waals surface area contributed by atoms with Crippen molar-refractivity contribution in [2.24, 2.45) is 5.10 Å². The largest absolute Gasteiger partial charge is 0.692 e. The third-order valence-corrected chi connectivity index (χ3v) is 4.95. The molecule has 0 unspecified atom stereocenters. The van der Waals surface area contributed by atoms with Crippen LogP contribution in [-0.4, -0.2) is 45.4 Å². The summed E-state index contributed by atoms with van der Waals surface area (Å²) in [6, 6.07) is 12.8. The fraction of sp³-hybridized carbons (Fsp3) is 0.300. The average molecular weight is 448 g/mol. The first-order chi connectivity index (χ1) is 14.6. The van der Waals surface area contributed by atoms with Crippen molar-refractivity contribution in [1.82, 2.24) is 5.43 Å². The Balaban J connectivity index is 0.000000785. The number of nitro benzene ring substituents is 1. The second-order valence-electron chi connectivity index (χ2n) is 7.22. The fourth-order valence-electron chi connectivity index (χ4n) is 3.35. The molecule has 0 amide bonds. The number of hydrogen-bond acceptors (Lipinski definition) is 6. The molecule has 0 saturated heterocycles. The zero-order valence-electron chi connectivity index (χ0n) is 17.6. The summed E-state index contributed by atoms with van der Waals surface area (Å²) >= 11 is 0. The normalized spacial score (nSPS) is 14.0. The van der Waals surface area contributed by atoms with Gasteiger partial charge in [0, 0.05) is 28.3 Å². The molecule has 0 aromatic heterocycles. The summed E-state index contributed by atoms with van der Waals surface area (Å²) in [4.78, 5) is 25.0. The number of non-ortho nitro benzene ring substituents is 1. The number of hydrazone groups is 1. The van der Waals surface area contributed by atoms with Crippen LogP contribution in [0.4, 0.5) is 11.4 Å². The van der Waals surface area contributed by atoms with Gasteiger partial charge in [-0.2, -0.15) is 9.68 Å². The van der Waals surface area contributed by atoms with Gasteiger partial charge in [0.1, 0.15) is 19.0 Å². The molecule has 1 aliphatic rings. The molecule has 1 heterocycles. The molecular formula is C20H25N4O6P+2. The Hall–Kier alpha value is -3.20. The number of ether oxygens (including phenoxy) is 1. The molecule has 2 aromatic carbocycles. The van der Waals surface area contributed by atoms with E-state index >= 15 is 0 Å². The van der Waals surface area contributed by atoms with E-state index in [1.807, 2.05) is 49.7 Å². The molecule has 3 rings (SSSR count). The van der Waals surface area contributed by atoms with Crippen molar-refractivity contribution in [2.45, 2.75) is 25.8 Å². The Labute approximate surface area is 180 Å². The van der Waals surface area contributed by atoms with Crippen LogP contribution in [0.2, 0.25) is 0 Å². The van der Waals surface area contributed by atoms with E-state index in [1.165, 1.54) is 6.07 Å². The maximum absolute atomic E-state index is 11.1. The molecule has 0 bridgehead atoms. The third kappa shape index (κ3) is 5.91. The Morgan fingerprint density at radius 2 is 1.87 bits per heavy atom. The molecule has 0 atom stereocenters. The van der Waals surface area contributed by atoms with Gasteiger partial charge in [-0.3, -0.25) is 10.1 Å². The lowest BCUT2D eigenvalue weighted by Crippen LogP contribution is -2.30. The summed E-state index contributed by atoms with van der Waals surface area (Å²) < 4.78 is 15.9. The van der Waals surface area contributed by atoms with Crippen LogP contribution in [0.3, 0.4) is 0 Å². The predicted molar refractivity (Wildman–Crippen MR) is 117 cm³/mol. The van der Waals surface area contributed by atoms with Gasteiger partial charge in [-0.25, -0.2) is 0 Å². The Morgan fingerprint density at radius 3 is 2.42 bits per heavy atom. The van der Waals surface area contributed by atoms with Gasteiger partial charge in [-0.05, 0) is 31.5 Å². The van der Waals surface area contributed by atoms with Gasteiger partial charge in [0.05, 0.1) is 24.0 Å². The van der Waals surface area contributed by atoms with Crippen LogP contribution in [-0.2, 0) is 16.5 Å². The van der Waals surface area contributed by atoms with Crippen molar-refractivity contribution in [2.75, 3.05) is 14.2 Å². The molecule has 164 valence electrons. The molecule has 10 nitrogen and oxygen atoms in total. The van der Waals surface area contributed by atoms with E-state index in [0.717, 1.165) is 28.3 Å². The van der Waals surface area contributed by atoms with Crippen molar-refractivity contribution in [3.05, 3.63) is 63.7 Å². The average Bonchev–Trinajstić information content (AvgIpc) is 2.91. The van der Waals surface area contributed by atoms with Crippen molar-refractivity contribution in [1.29, 1.82) is 0 Å². The highest BCUT2D eigenvalue weighted by Crippen LogP contribution is 2.40. The summed E-state index contributed by atoms with van der Waals surface area (Å²) in [5, 5.41) is 15.5. The van der Waals surface area contributed by atoms with E-state index < -0.39 is 8.25 Å². The number of rotatable bonds is 6. The standard InChI is InChI=1S/C20H22N4O3.HO3P/c1-20(2)17-11-15(24(25)26)7-10-18(17)23(3)19(20)13-22-21-12-14-5-8-16(27-4)9-6-14;1-4(2)3/h5-11,13H,12H2,1-4H3;(H-,1,2,3)/p+2. The van der Waals surface area contributed by atoms with Crippen LogP contribution in [0.15, 0.2) is 47.6 Å². The number of benzene rings is 2. The van der Waals surface area contributed by atoms with Crippen LogP contribution < -0.4 is 10.2 Å². The van der Waals surface area contributed by atoms with Crippen LogP contribution in [0.1, 0.15) is 25.0 Å². The Kier molecular flexibility index (Phi) is 7.93. The molecule has 0 fully saturated rings. The second-order valence-corrected chi connectivity index (χ2v) is 7.73. The number of methoxy groups -OCH3 is 1. The predicted octanol–water partition coefficient (Wildman–Crippen LogP) is 3.01. The van der Waals surface area contributed by atoms with E-state index in [4.69, 9.17) is 19.1 Å². The summed E-state index contributed by atoms with van der Waals surface area (Å²) in [6.45, 7) is 4.68. The number of hydrogen-bond donors (Lipinski definition) is 3. The highest BCUT2D eigenvalue weighted by Gasteiger charge is 2.44. The lowest BCUT2D eigenvalue weighted by Gasteiger charge is -2.14. The first kappa shape index (κ1) is 24.1. The molecule has 1 aliphatic heterocycles. The molecule has 0 radical (unpaired) electrons. The van der Waals surface area contributed by atoms with E-state index in [1.54, 1.807) is 25.5 Å². The van der Waals surface area contributed by atoms with Crippen molar-refractivity contribution in [3.8, 4) is 5.75 Å². The zero-order valence-corrected chi connectivity index (χ0v) is 18.5. The molecule has 31 heavy (non-hydrogen) atoms. The zero-order chi connectivity index (χ0) is 23.2. The summed E-state index contributed by atoms with van der Waals surface area (Å²) in [6.07, 6.45) is 1.79. The Bertz CT molecular complexity index is 1030. The third-order valence-electron chi connectivity index (χ3n) is 4.95. The minimum absolute atomic E-state index is 0.103. The van der Waals surface area contributed by atoms with Gasteiger partial charge in [-0.1, -0.05) is 12.1 Å². The minimum Gasteiger partial charge on any atom is -0.497 e. The molecule has 0 aliphatic carbocycles. The highest BCUT2D eigenvalue weighted by atomic mass is 31.1. The Morgan fingerprint density at radius 1 is 1.26 bits per heavy atom. The van der Waals surface area contributed by atoms with Crippen LogP contribution in [0.25, 0.3) is 0 Å². The van der Waals surface area contributed by atoms with Crippen LogP contribution >= 0.6 is 8.25 Å². The van der Waals surface area contributed by atoms with Gasteiger partial charge in [0.15, 0.2) is 0 Å². The van der Waals surface area contributed by atoms with Crippen LogP contribution in [0, 0.1) is 10.1 Å². The topological polar surface area (TPSA) is 137 Å². The number of nitrogens with one attached hydrogen (secondary N) is 1. The maximum atomic E-state index is 11.1. The molecule has 0 saturated carbocycles. The quantitative estimate of drug-likeness (QED) is 0.203. The van der Waals surface area contributed by atoms with E-state index in [0.29, 0.717) is 6.54 Å². The van der Waals surface area contributed by atoms with Gasteiger partial charge in [-0.15, -0.1) is 9.79 Å². The summed E-state index contributed by atoms with van der Waals surface area (Å²) in [5.41, 5.74) is 6.74. The summed E-state index contributed by atoms with van der Waals surface area (Å²) in [7, 11) is 0.718. The van der Waals surface area contributed by atoms with E-state index in [-0.39, 0.29) is 16.0 Å². The van der Waals surface area contributed by atoms with Crippen molar-refractivity contribution in [3.63, 3.8) is 0 Å². The number of nitrogens with zero attached hydrogens (tertiary/aromatic N) is 3. The molecule has 11 heteroatoms. The highest BCUT2D eigenvalue weighted by molar-refractivity contribution is 7.30. The van der Waals surface area contributed by atoms with Gasteiger partial charge < -0.3 is 10.2 Å². The first-order valence-corrected chi connectivity index (χ1v) is 10.4.